The molecule has 0 bridgehead atoms. The number of hydrogen-bond donors (Lipinski definition) is 1. The van der Waals surface area contributed by atoms with Crippen LogP contribution in [0.2, 0.25) is 0 Å². The van der Waals surface area contributed by atoms with Gasteiger partial charge >= 0.3 is 6.18 Å². The first kappa shape index (κ1) is 23.8. The van der Waals surface area contributed by atoms with Crippen molar-refractivity contribution in [2.45, 2.75) is 36.1 Å². The molecule has 0 spiro atoms. The molecule has 1 unspecified atom stereocenters. The average molecular weight is 467 g/mol. The van der Waals surface area contributed by atoms with Gasteiger partial charge in [-0.1, -0.05) is 6.92 Å². The van der Waals surface area contributed by atoms with Gasteiger partial charge in [-0.2, -0.15) is 23.7 Å². The van der Waals surface area contributed by atoms with Crippen LogP contribution in [0, 0.1) is 28.5 Å². The van der Waals surface area contributed by atoms with Gasteiger partial charge < -0.3 is 14.4 Å². The first-order valence-electron chi connectivity index (χ1n) is 9.39. The minimum atomic E-state index is -4.66. The van der Waals surface area contributed by atoms with Crippen molar-refractivity contribution in [3.8, 4) is 17.9 Å². The number of β-amino-alcohol motifs (C(OH)–C–C–N with tert-alkyl or cyclic N) is 1. The lowest BCUT2D eigenvalue weighted by molar-refractivity contribution is -0.137. The molecule has 0 aromatic heterocycles. The van der Waals surface area contributed by atoms with Crippen molar-refractivity contribution < 1.29 is 32.0 Å². The van der Waals surface area contributed by atoms with E-state index in [1.54, 1.807) is 19.1 Å². The normalized spacial score (nSPS) is 22.2. The van der Waals surface area contributed by atoms with Crippen LogP contribution in [0.25, 0.3) is 0 Å². The molecule has 32 heavy (non-hydrogen) atoms. The van der Waals surface area contributed by atoms with Crippen LogP contribution in [0.15, 0.2) is 41.3 Å². The molecule has 168 valence electrons. The van der Waals surface area contributed by atoms with E-state index in [2.05, 4.69) is 0 Å². The zero-order valence-corrected chi connectivity index (χ0v) is 17.5. The number of nitriles is 2. The van der Waals surface area contributed by atoms with Gasteiger partial charge in [0.2, 0.25) is 0 Å². The Balaban J connectivity index is 1.85. The second-order valence-corrected chi connectivity index (χ2v) is 8.66. The Morgan fingerprint density at radius 3 is 2.47 bits per heavy atom. The van der Waals surface area contributed by atoms with Crippen molar-refractivity contribution in [1.82, 2.24) is 4.31 Å². The quantitative estimate of drug-likeness (QED) is 0.533. The van der Waals surface area contributed by atoms with Crippen molar-refractivity contribution in [3.63, 3.8) is 0 Å². The van der Waals surface area contributed by atoms with Crippen LogP contribution in [0.4, 0.5) is 17.6 Å². The van der Waals surface area contributed by atoms with Crippen LogP contribution >= 0.6 is 0 Å². The van der Waals surface area contributed by atoms with E-state index in [9.17, 15) is 32.5 Å². The summed E-state index contributed by atoms with van der Waals surface area (Å²) in [5, 5.41) is 29.1. The SMILES string of the molecule is CC[C@@]1(O)CN([S+]([O-])c2ccc(C(F)(F)F)cc2C#N)C[C@@H]1Oc1ccc(C#N)c(F)c1. The summed E-state index contributed by atoms with van der Waals surface area (Å²) in [5.74, 6) is -0.745. The molecule has 1 N–H and O–H groups in total. The third-order valence-electron chi connectivity index (χ3n) is 5.22. The van der Waals surface area contributed by atoms with E-state index in [-0.39, 0.29) is 35.7 Å². The second kappa shape index (κ2) is 8.96. The molecule has 0 aliphatic carbocycles. The van der Waals surface area contributed by atoms with Crippen molar-refractivity contribution in [2.75, 3.05) is 13.1 Å². The predicted molar refractivity (Wildman–Crippen MR) is 105 cm³/mol. The van der Waals surface area contributed by atoms with Gasteiger partial charge in [0.05, 0.1) is 35.6 Å². The van der Waals surface area contributed by atoms with E-state index in [0.29, 0.717) is 6.07 Å². The molecule has 0 saturated carbocycles. The number of hydrogen-bond acceptors (Lipinski definition) is 6. The zero-order valence-electron chi connectivity index (χ0n) is 16.7. The summed E-state index contributed by atoms with van der Waals surface area (Å²) in [7, 11) is 0. The third kappa shape index (κ3) is 4.66. The molecule has 0 radical (unpaired) electrons. The van der Waals surface area contributed by atoms with Crippen molar-refractivity contribution in [2.24, 2.45) is 0 Å². The summed E-state index contributed by atoms with van der Waals surface area (Å²) < 4.78 is 72.7. The molecular weight excluding hydrogens is 450 g/mol. The number of nitrogens with zero attached hydrogens (tertiary/aromatic N) is 3. The molecular formula is C21H17F4N3O3S. The Kier molecular flexibility index (Phi) is 6.67. The largest absolute Gasteiger partial charge is 0.593 e. The molecule has 3 rings (SSSR count). The van der Waals surface area contributed by atoms with E-state index in [4.69, 9.17) is 10.00 Å². The molecule has 1 aliphatic rings. The molecule has 1 fully saturated rings. The minimum Gasteiger partial charge on any atom is -0.593 e. The Morgan fingerprint density at radius 2 is 1.91 bits per heavy atom. The second-order valence-electron chi connectivity index (χ2n) is 7.21. The maximum atomic E-state index is 13.9. The van der Waals surface area contributed by atoms with E-state index >= 15 is 0 Å². The van der Waals surface area contributed by atoms with Crippen LogP contribution in [-0.4, -0.2) is 38.8 Å². The van der Waals surface area contributed by atoms with Crippen molar-refractivity contribution in [1.29, 1.82) is 10.5 Å². The summed E-state index contributed by atoms with van der Waals surface area (Å²) in [6.45, 7) is 1.43. The third-order valence-corrected chi connectivity index (χ3v) is 6.70. The van der Waals surface area contributed by atoms with Gasteiger partial charge in [-0.3, -0.25) is 0 Å². The lowest BCUT2D eigenvalue weighted by Gasteiger charge is -2.27. The highest BCUT2D eigenvalue weighted by Gasteiger charge is 2.51. The Morgan fingerprint density at radius 1 is 1.22 bits per heavy atom. The number of rotatable bonds is 5. The number of aliphatic hydroxyl groups is 1. The van der Waals surface area contributed by atoms with Gasteiger partial charge in [0.1, 0.15) is 41.0 Å². The van der Waals surface area contributed by atoms with Crippen LogP contribution in [0.3, 0.4) is 0 Å². The number of alkyl halides is 3. The van der Waals surface area contributed by atoms with Gasteiger partial charge in [0, 0.05) is 6.07 Å². The highest BCUT2D eigenvalue weighted by molar-refractivity contribution is 7.89. The lowest BCUT2D eigenvalue weighted by atomic mass is 9.97. The van der Waals surface area contributed by atoms with Gasteiger partial charge in [0.25, 0.3) is 0 Å². The molecule has 11 heteroatoms. The van der Waals surface area contributed by atoms with Crippen LogP contribution in [0.5, 0.6) is 5.75 Å². The summed E-state index contributed by atoms with van der Waals surface area (Å²) in [5.41, 5.74) is -3.09. The van der Waals surface area contributed by atoms with Gasteiger partial charge in [-0.15, -0.1) is 4.31 Å². The number of halogens is 4. The molecule has 6 nitrogen and oxygen atoms in total. The highest BCUT2D eigenvalue weighted by Crippen LogP contribution is 2.36. The highest BCUT2D eigenvalue weighted by atomic mass is 32.2. The summed E-state index contributed by atoms with van der Waals surface area (Å²) >= 11 is -2.06. The topological polar surface area (TPSA) is 103 Å². The fourth-order valence-corrected chi connectivity index (χ4v) is 4.72. The van der Waals surface area contributed by atoms with Crippen LogP contribution in [-0.2, 0) is 17.5 Å². The van der Waals surface area contributed by atoms with E-state index in [0.717, 1.165) is 18.2 Å². The predicted octanol–water partition coefficient (Wildman–Crippen LogP) is 3.51. The summed E-state index contributed by atoms with van der Waals surface area (Å²) in [6, 6.07) is 9.25. The first-order chi connectivity index (χ1) is 15.0. The minimum absolute atomic E-state index is 0.0539. The molecule has 1 saturated heterocycles. The van der Waals surface area contributed by atoms with Gasteiger partial charge in [-0.25, -0.2) is 4.39 Å². The van der Waals surface area contributed by atoms with E-state index < -0.39 is 46.2 Å². The lowest BCUT2D eigenvalue weighted by Crippen LogP contribution is -2.44. The van der Waals surface area contributed by atoms with Crippen LogP contribution < -0.4 is 4.74 Å². The molecule has 3 atom stereocenters. The molecule has 2 aromatic carbocycles. The average Bonchev–Trinajstić information content (AvgIpc) is 3.09. The molecule has 1 heterocycles. The zero-order chi connectivity index (χ0) is 23.7. The van der Waals surface area contributed by atoms with Crippen LogP contribution in [0.1, 0.15) is 30.0 Å². The standard InChI is InChI=1S/C21H17F4N3O3S/c1-2-20(29)12-28(11-19(20)31-16-5-3-13(9-26)17(22)8-16)32(30)18-6-4-15(21(23,24)25)7-14(18)10-27/h3-8,19,29H,2,11-12H2,1H3/t19-,20+,32?/m0/s1. The van der Waals surface area contributed by atoms with Crippen molar-refractivity contribution in [3.05, 3.63) is 58.9 Å². The van der Waals surface area contributed by atoms with E-state index in [1.807, 2.05) is 0 Å². The van der Waals surface area contributed by atoms with E-state index in [1.165, 1.54) is 16.4 Å². The Bertz CT molecular complexity index is 1100. The smallest absolute Gasteiger partial charge is 0.416 e. The van der Waals surface area contributed by atoms with Gasteiger partial charge in [0.15, 0.2) is 4.90 Å². The first-order valence-corrected chi connectivity index (χ1v) is 10.5. The fourth-order valence-electron chi connectivity index (χ4n) is 3.35. The maximum Gasteiger partial charge on any atom is 0.416 e. The van der Waals surface area contributed by atoms with Crippen molar-refractivity contribution >= 4 is 11.4 Å². The Labute approximate surface area is 184 Å². The Hall–Kier alpha value is -2.83. The summed E-state index contributed by atoms with van der Waals surface area (Å²) in [4.78, 5) is -0.121. The summed E-state index contributed by atoms with van der Waals surface area (Å²) in [6.07, 6.45) is -5.41. The molecule has 0 amide bonds. The molecule has 1 aliphatic heterocycles. The number of ether oxygens (including phenoxy) is 1. The monoisotopic (exact) mass is 467 g/mol. The van der Waals surface area contributed by atoms with Gasteiger partial charge in [-0.05, 0) is 36.8 Å². The molecule has 2 aromatic rings. The number of benzene rings is 2. The fraction of sp³-hybridized carbons (Fsp3) is 0.333. The maximum absolute atomic E-state index is 13.9.